The van der Waals surface area contributed by atoms with Crippen molar-refractivity contribution in [2.24, 2.45) is 5.10 Å². The molecule has 0 bridgehead atoms. The molecule has 1 aliphatic heterocycles. The number of aryl methyl sites for hydroxylation is 1. The van der Waals surface area contributed by atoms with Gasteiger partial charge in [0.05, 0.1) is 23.3 Å². The van der Waals surface area contributed by atoms with Gasteiger partial charge in [0.1, 0.15) is 35.8 Å². The zero-order valence-electron chi connectivity index (χ0n) is 14.8. The fourth-order valence-corrected chi connectivity index (χ4v) is 2.95. The van der Waals surface area contributed by atoms with Crippen LogP contribution in [-0.2, 0) is 4.74 Å². The van der Waals surface area contributed by atoms with Gasteiger partial charge in [-0.05, 0) is 32.1 Å². The summed E-state index contributed by atoms with van der Waals surface area (Å²) in [5.41, 5.74) is 0.586. The summed E-state index contributed by atoms with van der Waals surface area (Å²) in [7, 11) is 0. The van der Waals surface area contributed by atoms with E-state index < -0.39 is 11.9 Å². The zero-order chi connectivity index (χ0) is 19.6. The van der Waals surface area contributed by atoms with E-state index >= 15 is 0 Å². The molecule has 0 fully saturated rings. The number of ether oxygens (including phenoxy) is 2. The first kappa shape index (κ1) is 18.9. The maximum atomic E-state index is 14.0. The Kier molecular flexibility index (Phi) is 5.46. The molecule has 1 aromatic heterocycles. The molecule has 0 spiro atoms. The third-order valence-electron chi connectivity index (χ3n) is 3.96. The van der Waals surface area contributed by atoms with Gasteiger partial charge in [-0.25, -0.2) is 14.1 Å². The summed E-state index contributed by atoms with van der Waals surface area (Å²) >= 11 is 6.15. The number of imidazole rings is 1. The Labute approximate surface area is 160 Å². The summed E-state index contributed by atoms with van der Waals surface area (Å²) < 4.78 is 26.8. The predicted molar refractivity (Wildman–Crippen MR) is 98.7 cm³/mol. The van der Waals surface area contributed by atoms with Gasteiger partial charge < -0.3 is 14.8 Å². The lowest BCUT2D eigenvalue weighted by molar-refractivity contribution is 0.0938. The van der Waals surface area contributed by atoms with Crippen molar-refractivity contribution in [2.45, 2.75) is 20.0 Å². The highest BCUT2D eigenvalue weighted by molar-refractivity contribution is 6.31. The number of carbonyl (C=O) groups is 1. The lowest BCUT2D eigenvalue weighted by Gasteiger charge is -2.20. The first-order chi connectivity index (χ1) is 12.9. The summed E-state index contributed by atoms with van der Waals surface area (Å²) in [5.74, 6) is 0.0192. The Morgan fingerprint density at radius 2 is 2.26 bits per heavy atom. The van der Waals surface area contributed by atoms with Gasteiger partial charge in [-0.15, -0.1) is 5.10 Å². The van der Waals surface area contributed by atoms with Crippen LogP contribution in [0, 0.1) is 12.7 Å². The number of amides is 1. The van der Waals surface area contributed by atoms with Gasteiger partial charge in [0.15, 0.2) is 0 Å². The Balaban J connectivity index is 2.09. The average Bonchev–Trinajstić information content (AvgIpc) is 3.00. The number of carbonyl (C=O) groups excluding carboxylic acids is 1. The molecule has 1 atom stereocenters. The number of nitrogens with one attached hydrogen (secondary N) is 1. The van der Waals surface area contributed by atoms with E-state index in [9.17, 15) is 9.18 Å². The molecular formula is C18H18ClFN4O3. The van der Waals surface area contributed by atoms with E-state index in [-0.39, 0.29) is 35.7 Å². The SMILES string of the molecule is C=C/C1=N\n2c(cnc2C)C(=O)NCCOc2ccc(F)c(Cl)c2C(C)O1. The monoisotopic (exact) mass is 392 g/mol. The number of nitrogens with zero attached hydrogens (tertiary/aromatic N) is 3. The maximum Gasteiger partial charge on any atom is 0.271 e. The van der Waals surface area contributed by atoms with Crippen LogP contribution in [0.4, 0.5) is 4.39 Å². The number of hydrogen-bond acceptors (Lipinski definition) is 5. The van der Waals surface area contributed by atoms with Crippen LogP contribution in [0.25, 0.3) is 0 Å². The number of halogens is 2. The van der Waals surface area contributed by atoms with Crippen LogP contribution in [0.15, 0.2) is 36.1 Å². The Morgan fingerprint density at radius 1 is 1.48 bits per heavy atom. The molecule has 2 aromatic rings. The first-order valence-electron chi connectivity index (χ1n) is 8.23. The molecule has 1 aliphatic rings. The Bertz CT molecular complexity index is 926. The van der Waals surface area contributed by atoms with Crippen molar-refractivity contribution >= 4 is 23.4 Å². The summed E-state index contributed by atoms with van der Waals surface area (Å²) in [5, 5.41) is 6.93. The second kappa shape index (κ2) is 7.79. The van der Waals surface area contributed by atoms with E-state index in [1.54, 1.807) is 13.8 Å². The second-order valence-electron chi connectivity index (χ2n) is 5.78. The summed E-state index contributed by atoms with van der Waals surface area (Å²) in [4.78, 5) is 16.5. The number of aromatic nitrogens is 2. The van der Waals surface area contributed by atoms with Crippen LogP contribution >= 0.6 is 11.6 Å². The fraction of sp³-hybridized carbons (Fsp3) is 0.278. The molecule has 0 aliphatic carbocycles. The maximum absolute atomic E-state index is 14.0. The van der Waals surface area contributed by atoms with Gasteiger partial charge in [0.2, 0.25) is 5.90 Å². The molecule has 0 saturated heterocycles. The van der Waals surface area contributed by atoms with Gasteiger partial charge in [-0.2, -0.15) is 0 Å². The molecule has 1 aromatic carbocycles. The molecule has 1 unspecified atom stereocenters. The van der Waals surface area contributed by atoms with E-state index in [0.717, 1.165) is 0 Å². The Hall–Kier alpha value is -2.87. The standard InChI is InChI=1S/C18H18ClFN4O3/c1-4-15-23-24-11(3)22-9-13(24)18(25)21-7-8-26-14-6-5-12(20)17(19)16(14)10(2)27-15/h4-6,9-10H,1,7-8H2,2-3H3,(H,21,25)/b23-15+. The van der Waals surface area contributed by atoms with Crippen molar-refractivity contribution in [3.63, 3.8) is 0 Å². The van der Waals surface area contributed by atoms with Crippen molar-refractivity contribution in [1.29, 1.82) is 0 Å². The van der Waals surface area contributed by atoms with Crippen LogP contribution in [0.5, 0.6) is 5.75 Å². The van der Waals surface area contributed by atoms with Crippen LogP contribution in [0.1, 0.15) is 34.9 Å². The molecule has 1 amide bonds. The van der Waals surface area contributed by atoms with Crippen molar-refractivity contribution in [1.82, 2.24) is 15.0 Å². The highest BCUT2D eigenvalue weighted by Crippen LogP contribution is 2.36. The van der Waals surface area contributed by atoms with E-state index in [0.29, 0.717) is 17.1 Å². The molecule has 9 heteroatoms. The van der Waals surface area contributed by atoms with Gasteiger partial charge >= 0.3 is 0 Å². The minimum Gasteiger partial charge on any atom is -0.491 e. The quantitative estimate of drug-likeness (QED) is 0.808. The van der Waals surface area contributed by atoms with Gasteiger partial charge in [0, 0.05) is 0 Å². The van der Waals surface area contributed by atoms with Crippen LogP contribution < -0.4 is 10.1 Å². The first-order valence-corrected chi connectivity index (χ1v) is 8.61. The number of fused-ring (bicyclic) bond motifs is 2. The normalized spacial score (nSPS) is 19.5. The molecule has 142 valence electrons. The molecule has 1 N–H and O–H groups in total. The molecule has 2 heterocycles. The highest BCUT2D eigenvalue weighted by Gasteiger charge is 2.23. The molecule has 0 saturated carbocycles. The molecule has 27 heavy (non-hydrogen) atoms. The number of rotatable bonds is 1. The largest absolute Gasteiger partial charge is 0.491 e. The van der Waals surface area contributed by atoms with Crippen molar-refractivity contribution in [2.75, 3.05) is 13.2 Å². The van der Waals surface area contributed by atoms with Crippen molar-refractivity contribution in [3.05, 3.63) is 58.9 Å². The van der Waals surface area contributed by atoms with Crippen molar-refractivity contribution in [3.8, 4) is 5.75 Å². The minimum atomic E-state index is -0.684. The second-order valence-corrected chi connectivity index (χ2v) is 6.16. The topological polar surface area (TPSA) is 77.7 Å². The van der Waals surface area contributed by atoms with Crippen LogP contribution in [0.3, 0.4) is 0 Å². The lowest BCUT2D eigenvalue weighted by Crippen LogP contribution is -2.29. The minimum absolute atomic E-state index is 0.0955. The van der Waals surface area contributed by atoms with Gasteiger partial charge in [-0.1, -0.05) is 18.2 Å². The highest BCUT2D eigenvalue weighted by atomic mass is 35.5. The van der Waals surface area contributed by atoms with E-state index in [1.807, 2.05) is 0 Å². The van der Waals surface area contributed by atoms with Crippen LogP contribution in [0.2, 0.25) is 5.02 Å². The fourth-order valence-electron chi connectivity index (χ4n) is 2.64. The lowest BCUT2D eigenvalue weighted by atomic mass is 10.1. The molecule has 0 radical (unpaired) electrons. The molecular weight excluding hydrogens is 375 g/mol. The average molecular weight is 393 g/mol. The molecule has 3 rings (SSSR count). The van der Waals surface area contributed by atoms with Crippen LogP contribution in [-0.4, -0.2) is 34.6 Å². The number of benzene rings is 1. The smallest absolute Gasteiger partial charge is 0.271 e. The summed E-state index contributed by atoms with van der Waals surface area (Å²) in [6, 6.07) is 2.69. The summed E-state index contributed by atoms with van der Waals surface area (Å²) in [6.45, 7) is 7.46. The van der Waals surface area contributed by atoms with Gasteiger partial charge in [0.25, 0.3) is 5.91 Å². The Morgan fingerprint density at radius 3 is 3.00 bits per heavy atom. The van der Waals surface area contributed by atoms with Crippen molar-refractivity contribution < 1.29 is 18.7 Å². The third-order valence-corrected chi connectivity index (χ3v) is 4.34. The molecule has 7 nitrogen and oxygen atoms in total. The predicted octanol–water partition coefficient (Wildman–Crippen LogP) is 3.23. The number of hydrogen-bond donors (Lipinski definition) is 1. The van der Waals surface area contributed by atoms with Gasteiger partial charge in [-0.3, -0.25) is 4.79 Å². The van der Waals surface area contributed by atoms with E-state index in [1.165, 1.54) is 29.1 Å². The van der Waals surface area contributed by atoms with E-state index in [2.05, 4.69) is 22.0 Å². The third kappa shape index (κ3) is 3.80. The summed E-state index contributed by atoms with van der Waals surface area (Å²) in [6.07, 6.45) is 2.11. The van der Waals surface area contributed by atoms with E-state index in [4.69, 9.17) is 21.1 Å². The zero-order valence-corrected chi connectivity index (χ0v) is 15.6.